The first-order chi connectivity index (χ1) is 8.35. The molecule has 0 saturated heterocycles. The van der Waals surface area contributed by atoms with Crippen molar-refractivity contribution in [3.63, 3.8) is 0 Å². The summed E-state index contributed by atoms with van der Waals surface area (Å²) in [5.74, 6) is 2.74. The van der Waals surface area contributed by atoms with E-state index in [1.54, 1.807) is 0 Å². The molecular formula is C12H9LiO4Si. The van der Waals surface area contributed by atoms with Crippen molar-refractivity contribution in [2.75, 3.05) is 0 Å². The first-order valence-corrected chi connectivity index (χ1v) is 7.30. The van der Waals surface area contributed by atoms with Crippen LogP contribution in [0, 0.1) is 0 Å². The Bertz CT molecular complexity index is 497. The first-order valence-electron chi connectivity index (χ1n) is 5.41. The minimum absolute atomic E-state index is 0. The summed E-state index contributed by atoms with van der Waals surface area (Å²) in [5, 5.41) is 0. The number of rotatable bonds is 0. The van der Waals surface area contributed by atoms with E-state index in [4.69, 9.17) is 17.7 Å². The summed E-state index contributed by atoms with van der Waals surface area (Å²) in [4.78, 5) is 0. The molecule has 0 bridgehead atoms. The number of hydrogen-bond acceptors (Lipinski definition) is 4. The zero-order valence-electron chi connectivity index (χ0n) is 9.83. The zero-order valence-corrected chi connectivity index (χ0v) is 11.0. The van der Waals surface area contributed by atoms with E-state index in [-0.39, 0.29) is 18.9 Å². The maximum atomic E-state index is 5.74. The molecule has 0 radical (unpaired) electrons. The third kappa shape index (κ3) is 1.60. The van der Waals surface area contributed by atoms with Crippen molar-refractivity contribution < 1.29 is 36.6 Å². The topological polar surface area (TPSA) is 36.9 Å². The molecule has 4 nitrogen and oxygen atoms in total. The average Bonchev–Trinajstić information content (AvgIpc) is 2.87. The normalized spacial score (nSPS) is 18.2. The molecule has 0 aliphatic carbocycles. The second kappa shape index (κ2) is 3.99. The van der Waals surface area contributed by atoms with E-state index in [0.29, 0.717) is 23.0 Å². The van der Waals surface area contributed by atoms with Gasteiger partial charge in [0.1, 0.15) is 0 Å². The molecule has 0 amide bonds. The van der Waals surface area contributed by atoms with Gasteiger partial charge in [0.25, 0.3) is 0 Å². The van der Waals surface area contributed by atoms with E-state index in [2.05, 4.69) is 0 Å². The molecule has 2 aromatic rings. The fourth-order valence-corrected chi connectivity index (χ4v) is 4.37. The van der Waals surface area contributed by atoms with Crippen molar-refractivity contribution in [2.24, 2.45) is 0 Å². The van der Waals surface area contributed by atoms with Gasteiger partial charge in [0.05, 0.1) is 0 Å². The van der Waals surface area contributed by atoms with Crippen LogP contribution in [0.2, 0.25) is 0 Å². The van der Waals surface area contributed by atoms with Crippen LogP contribution < -0.4 is 36.6 Å². The van der Waals surface area contributed by atoms with Gasteiger partial charge in [-0.3, -0.25) is 0 Å². The predicted octanol–water partition coefficient (Wildman–Crippen LogP) is -0.899. The summed E-state index contributed by atoms with van der Waals surface area (Å²) in [7, 11) is -3.40. The first kappa shape index (κ1) is 11.5. The van der Waals surface area contributed by atoms with Gasteiger partial charge in [0, 0.05) is 0 Å². The fraction of sp³-hybridized carbons (Fsp3) is 0. The zero-order chi connectivity index (χ0) is 11.3. The van der Waals surface area contributed by atoms with E-state index >= 15 is 0 Å². The summed E-state index contributed by atoms with van der Waals surface area (Å²) in [6.07, 6.45) is 0. The quantitative estimate of drug-likeness (QED) is 0.570. The molecule has 4 rings (SSSR count). The van der Waals surface area contributed by atoms with Crippen molar-refractivity contribution in [1.82, 2.24) is 0 Å². The molecule has 2 aliphatic heterocycles. The van der Waals surface area contributed by atoms with Gasteiger partial charge in [-0.1, -0.05) is 0 Å². The summed E-state index contributed by atoms with van der Waals surface area (Å²) >= 11 is 0. The fourth-order valence-electron chi connectivity index (χ4n) is 2.06. The van der Waals surface area contributed by atoms with Crippen molar-refractivity contribution in [3.05, 3.63) is 48.5 Å². The third-order valence-electron chi connectivity index (χ3n) is 2.78. The summed E-state index contributed by atoms with van der Waals surface area (Å²) in [6, 6.07) is 15.0. The van der Waals surface area contributed by atoms with Gasteiger partial charge in [-0.2, -0.15) is 0 Å². The van der Waals surface area contributed by atoms with E-state index in [1.165, 1.54) is 0 Å². The average molecular weight is 252 g/mol. The molecule has 0 fully saturated rings. The molecule has 0 N–H and O–H groups in total. The van der Waals surface area contributed by atoms with Crippen LogP contribution in [0.4, 0.5) is 0 Å². The van der Waals surface area contributed by atoms with E-state index in [1.807, 2.05) is 48.5 Å². The molecule has 86 valence electrons. The van der Waals surface area contributed by atoms with Crippen LogP contribution in [-0.2, 0) is 0 Å². The molecule has 2 aliphatic rings. The van der Waals surface area contributed by atoms with Crippen LogP contribution in [0.5, 0.6) is 23.0 Å². The minimum atomic E-state index is -3.40. The predicted molar refractivity (Wildman–Crippen MR) is 62.5 cm³/mol. The van der Waals surface area contributed by atoms with E-state index in [0.717, 1.165) is 0 Å². The van der Waals surface area contributed by atoms with Gasteiger partial charge in [-0.25, -0.2) is 0 Å². The molecule has 2 aromatic carbocycles. The molecule has 2 heterocycles. The van der Waals surface area contributed by atoms with Gasteiger partial charge in [-0.15, -0.1) is 0 Å². The van der Waals surface area contributed by atoms with Crippen molar-refractivity contribution in [1.29, 1.82) is 0 Å². The third-order valence-corrected chi connectivity index (χ3v) is 4.95. The van der Waals surface area contributed by atoms with Crippen molar-refractivity contribution in [2.45, 2.75) is 0 Å². The van der Waals surface area contributed by atoms with Gasteiger partial charge < -0.3 is 0 Å². The summed E-state index contributed by atoms with van der Waals surface area (Å²) < 4.78 is 23.0. The monoisotopic (exact) mass is 252 g/mol. The molecule has 1 spiro atoms. The van der Waals surface area contributed by atoms with E-state index < -0.39 is 9.05 Å². The molecule has 0 saturated carbocycles. The Morgan fingerprint density at radius 1 is 0.556 bits per heavy atom. The standard InChI is InChI=1S/C12H9O4Si.Li/c1-2-6-10-9(5-1)13-17(14-10)15-11-7-3-4-8-12(11)16-17;/h1-8,17H;/q-1;+1. The molecule has 0 atom stereocenters. The van der Waals surface area contributed by atoms with Gasteiger partial charge in [0.15, 0.2) is 0 Å². The SMILES string of the molecule is [Li+].c1ccc2c(c1)O[SiH-]1(O2)Oc2ccccc2O1. The number of benzene rings is 2. The second-order valence-corrected chi connectivity index (χ2v) is 6.04. The van der Waals surface area contributed by atoms with Crippen LogP contribution in [0.1, 0.15) is 0 Å². The van der Waals surface area contributed by atoms with Crippen LogP contribution >= 0.6 is 0 Å². The molecule has 0 unspecified atom stereocenters. The van der Waals surface area contributed by atoms with Crippen LogP contribution in [-0.4, -0.2) is 9.05 Å². The Hall–Kier alpha value is -1.55. The van der Waals surface area contributed by atoms with E-state index in [9.17, 15) is 0 Å². The Morgan fingerprint density at radius 2 is 0.833 bits per heavy atom. The Kier molecular flexibility index (Phi) is 2.56. The summed E-state index contributed by atoms with van der Waals surface area (Å²) in [6.45, 7) is 0. The molecule has 18 heavy (non-hydrogen) atoms. The molecular weight excluding hydrogens is 243 g/mol. The Labute approximate surface area is 117 Å². The molecule has 6 heteroatoms. The van der Waals surface area contributed by atoms with Crippen molar-refractivity contribution >= 4 is 9.05 Å². The number of hydrogen-bond donors (Lipinski definition) is 0. The maximum absolute atomic E-state index is 5.74. The summed E-state index contributed by atoms with van der Waals surface area (Å²) in [5.41, 5.74) is 0. The van der Waals surface area contributed by atoms with Crippen LogP contribution in [0.3, 0.4) is 0 Å². The van der Waals surface area contributed by atoms with Gasteiger partial charge in [0.2, 0.25) is 0 Å². The second-order valence-electron chi connectivity index (χ2n) is 3.94. The van der Waals surface area contributed by atoms with Crippen LogP contribution in [0.15, 0.2) is 48.5 Å². The van der Waals surface area contributed by atoms with Crippen molar-refractivity contribution in [3.8, 4) is 23.0 Å². The number of para-hydroxylation sites is 4. The molecule has 0 aromatic heterocycles. The number of fused-ring (bicyclic) bond motifs is 2. The Morgan fingerprint density at radius 3 is 1.11 bits per heavy atom. The van der Waals surface area contributed by atoms with Gasteiger partial charge >= 0.3 is 117 Å². The van der Waals surface area contributed by atoms with Gasteiger partial charge in [-0.05, 0) is 0 Å². The van der Waals surface area contributed by atoms with Crippen LogP contribution in [0.25, 0.3) is 0 Å². The Balaban J connectivity index is 0.000001000.